The van der Waals surface area contributed by atoms with Crippen LogP contribution >= 0.6 is 11.6 Å². The van der Waals surface area contributed by atoms with Crippen LogP contribution in [0.25, 0.3) is 0 Å². The van der Waals surface area contributed by atoms with Crippen molar-refractivity contribution in [3.63, 3.8) is 0 Å². The standard InChI is InChI=1S/C19H18ClN3O/c1-14(16-7-9-18(20)10-8-16)22-19(24)17-5-3-15(4-6-17)13-23-12-2-11-21-23/h2-12,14H,13H2,1H3,(H,22,24). The second-order valence-electron chi connectivity index (χ2n) is 5.65. The third-order valence-electron chi connectivity index (χ3n) is 3.84. The molecule has 1 amide bonds. The number of halogens is 1. The zero-order chi connectivity index (χ0) is 16.9. The van der Waals surface area contributed by atoms with Crippen LogP contribution in [0.2, 0.25) is 5.02 Å². The van der Waals surface area contributed by atoms with Gasteiger partial charge < -0.3 is 5.32 Å². The van der Waals surface area contributed by atoms with Crippen LogP contribution in [0.15, 0.2) is 67.0 Å². The van der Waals surface area contributed by atoms with Gasteiger partial charge in [-0.05, 0) is 48.4 Å². The molecular formula is C19H18ClN3O. The van der Waals surface area contributed by atoms with Crippen molar-refractivity contribution in [2.75, 3.05) is 0 Å². The van der Waals surface area contributed by atoms with Gasteiger partial charge in [0.2, 0.25) is 0 Å². The molecule has 0 aliphatic carbocycles. The lowest BCUT2D eigenvalue weighted by Crippen LogP contribution is -2.26. The molecule has 0 aliphatic rings. The van der Waals surface area contributed by atoms with Crippen LogP contribution in [0.3, 0.4) is 0 Å². The van der Waals surface area contributed by atoms with Crippen molar-refractivity contribution in [3.05, 3.63) is 88.7 Å². The highest BCUT2D eigenvalue weighted by Gasteiger charge is 2.11. The van der Waals surface area contributed by atoms with Crippen molar-refractivity contribution in [1.82, 2.24) is 15.1 Å². The molecule has 24 heavy (non-hydrogen) atoms. The lowest BCUT2D eigenvalue weighted by Gasteiger charge is -2.14. The van der Waals surface area contributed by atoms with Gasteiger partial charge in [-0.15, -0.1) is 0 Å². The zero-order valence-electron chi connectivity index (χ0n) is 13.3. The fraction of sp³-hybridized carbons (Fsp3) is 0.158. The predicted molar refractivity (Wildman–Crippen MR) is 95.1 cm³/mol. The first-order valence-corrected chi connectivity index (χ1v) is 8.12. The summed E-state index contributed by atoms with van der Waals surface area (Å²) >= 11 is 5.89. The molecule has 5 heteroatoms. The van der Waals surface area contributed by atoms with Crippen LogP contribution in [-0.2, 0) is 6.54 Å². The fourth-order valence-corrected chi connectivity index (χ4v) is 2.58. The molecule has 1 unspecified atom stereocenters. The van der Waals surface area contributed by atoms with E-state index in [9.17, 15) is 4.79 Å². The van der Waals surface area contributed by atoms with E-state index in [0.717, 1.165) is 11.1 Å². The van der Waals surface area contributed by atoms with E-state index in [0.29, 0.717) is 17.1 Å². The van der Waals surface area contributed by atoms with Crippen LogP contribution in [0.5, 0.6) is 0 Å². The van der Waals surface area contributed by atoms with Crippen LogP contribution in [0.1, 0.15) is 34.5 Å². The number of amides is 1. The monoisotopic (exact) mass is 339 g/mol. The lowest BCUT2D eigenvalue weighted by molar-refractivity contribution is 0.0940. The van der Waals surface area contributed by atoms with Crippen LogP contribution in [0, 0.1) is 0 Å². The first-order chi connectivity index (χ1) is 11.6. The number of rotatable bonds is 5. The first kappa shape index (κ1) is 16.3. The normalized spacial score (nSPS) is 11.9. The smallest absolute Gasteiger partial charge is 0.251 e. The van der Waals surface area contributed by atoms with E-state index < -0.39 is 0 Å². The van der Waals surface area contributed by atoms with Gasteiger partial charge in [-0.25, -0.2) is 0 Å². The molecule has 4 nitrogen and oxygen atoms in total. The second kappa shape index (κ2) is 7.32. The van der Waals surface area contributed by atoms with Gasteiger partial charge in [0.1, 0.15) is 0 Å². The number of benzene rings is 2. The molecule has 1 N–H and O–H groups in total. The van der Waals surface area contributed by atoms with Crippen LogP contribution < -0.4 is 5.32 Å². The molecule has 2 aromatic carbocycles. The fourth-order valence-electron chi connectivity index (χ4n) is 2.46. The van der Waals surface area contributed by atoms with Crippen LogP contribution in [0.4, 0.5) is 0 Å². The molecule has 1 aromatic heterocycles. The maximum absolute atomic E-state index is 12.4. The summed E-state index contributed by atoms with van der Waals surface area (Å²) in [4.78, 5) is 12.4. The SMILES string of the molecule is CC(NC(=O)c1ccc(Cn2cccn2)cc1)c1ccc(Cl)cc1. The number of aromatic nitrogens is 2. The average Bonchev–Trinajstić information content (AvgIpc) is 3.09. The molecule has 0 saturated carbocycles. The number of nitrogens with one attached hydrogen (secondary N) is 1. The van der Waals surface area contributed by atoms with Crippen molar-refractivity contribution in [3.8, 4) is 0 Å². The van der Waals surface area contributed by atoms with E-state index in [1.54, 1.807) is 6.20 Å². The van der Waals surface area contributed by atoms with Crippen LogP contribution in [-0.4, -0.2) is 15.7 Å². The molecule has 0 bridgehead atoms. The number of nitrogens with zero attached hydrogens (tertiary/aromatic N) is 2. The molecule has 0 radical (unpaired) electrons. The van der Waals surface area contributed by atoms with E-state index >= 15 is 0 Å². The van der Waals surface area contributed by atoms with Gasteiger partial charge in [0.25, 0.3) is 5.91 Å². The molecule has 122 valence electrons. The van der Waals surface area contributed by atoms with Gasteiger partial charge in [0.05, 0.1) is 12.6 Å². The van der Waals surface area contributed by atoms with E-state index in [4.69, 9.17) is 11.6 Å². The molecule has 0 saturated heterocycles. The van der Waals surface area contributed by atoms with Gasteiger partial charge in [-0.2, -0.15) is 5.10 Å². The molecule has 1 heterocycles. The Hall–Kier alpha value is -2.59. The predicted octanol–water partition coefficient (Wildman–Crippen LogP) is 4.08. The zero-order valence-corrected chi connectivity index (χ0v) is 14.1. The number of carbonyl (C=O) groups excluding carboxylic acids is 1. The molecule has 0 spiro atoms. The van der Waals surface area contributed by atoms with E-state index in [-0.39, 0.29) is 11.9 Å². The summed E-state index contributed by atoms with van der Waals surface area (Å²) in [5.41, 5.74) is 2.75. The lowest BCUT2D eigenvalue weighted by atomic mass is 10.1. The van der Waals surface area contributed by atoms with Crippen molar-refractivity contribution in [2.24, 2.45) is 0 Å². The largest absolute Gasteiger partial charge is 0.346 e. The Morgan fingerprint density at radius 3 is 2.50 bits per heavy atom. The summed E-state index contributed by atoms with van der Waals surface area (Å²) < 4.78 is 1.84. The van der Waals surface area contributed by atoms with Crippen molar-refractivity contribution in [1.29, 1.82) is 0 Å². The number of hydrogen-bond acceptors (Lipinski definition) is 2. The highest BCUT2D eigenvalue weighted by Crippen LogP contribution is 2.17. The Labute approximate surface area is 146 Å². The third kappa shape index (κ3) is 4.03. The Bertz CT molecular complexity index is 796. The summed E-state index contributed by atoms with van der Waals surface area (Å²) in [5, 5.41) is 7.86. The van der Waals surface area contributed by atoms with Crippen molar-refractivity contribution in [2.45, 2.75) is 19.5 Å². The molecule has 3 aromatic rings. The summed E-state index contributed by atoms with van der Waals surface area (Å²) in [6.07, 6.45) is 3.66. The van der Waals surface area contributed by atoms with E-state index in [1.807, 2.05) is 72.4 Å². The third-order valence-corrected chi connectivity index (χ3v) is 4.09. The molecule has 3 rings (SSSR count). The van der Waals surface area contributed by atoms with Gasteiger partial charge in [-0.3, -0.25) is 9.48 Å². The minimum absolute atomic E-state index is 0.0847. The van der Waals surface area contributed by atoms with Gasteiger partial charge >= 0.3 is 0 Å². The van der Waals surface area contributed by atoms with Gasteiger partial charge in [0, 0.05) is 23.0 Å². The minimum Gasteiger partial charge on any atom is -0.346 e. The van der Waals surface area contributed by atoms with Crippen molar-refractivity contribution >= 4 is 17.5 Å². The van der Waals surface area contributed by atoms with Gasteiger partial charge in [0.15, 0.2) is 0 Å². The highest BCUT2D eigenvalue weighted by molar-refractivity contribution is 6.30. The summed E-state index contributed by atoms with van der Waals surface area (Å²) in [7, 11) is 0. The molecule has 0 aliphatic heterocycles. The number of hydrogen-bond donors (Lipinski definition) is 1. The first-order valence-electron chi connectivity index (χ1n) is 7.74. The molecular weight excluding hydrogens is 322 g/mol. The maximum Gasteiger partial charge on any atom is 0.251 e. The summed E-state index contributed by atoms with van der Waals surface area (Å²) in [6.45, 7) is 2.64. The average molecular weight is 340 g/mol. The quantitative estimate of drug-likeness (QED) is 0.761. The Kier molecular flexibility index (Phi) is 4.96. The van der Waals surface area contributed by atoms with E-state index in [2.05, 4.69) is 10.4 Å². The summed E-state index contributed by atoms with van der Waals surface area (Å²) in [6, 6.07) is 16.9. The topological polar surface area (TPSA) is 46.9 Å². The maximum atomic E-state index is 12.4. The number of carbonyl (C=O) groups is 1. The molecule has 1 atom stereocenters. The minimum atomic E-state index is -0.0944. The molecule has 0 fully saturated rings. The highest BCUT2D eigenvalue weighted by atomic mass is 35.5. The second-order valence-corrected chi connectivity index (χ2v) is 6.08. The van der Waals surface area contributed by atoms with Gasteiger partial charge in [-0.1, -0.05) is 35.9 Å². The summed E-state index contributed by atoms with van der Waals surface area (Å²) in [5.74, 6) is -0.0944. The van der Waals surface area contributed by atoms with Crippen molar-refractivity contribution < 1.29 is 4.79 Å². The Morgan fingerprint density at radius 1 is 1.17 bits per heavy atom. The Morgan fingerprint density at radius 2 is 1.88 bits per heavy atom. The Balaban J connectivity index is 1.63. The van der Waals surface area contributed by atoms with E-state index in [1.165, 1.54) is 0 Å².